The maximum atomic E-state index is 12.9. The van der Waals surface area contributed by atoms with Crippen LogP contribution < -0.4 is 4.74 Å². The van der Waals surface area contributed by atoms with Gasteiger partial charge in [-0.05, 0) is 65.6 Å². The van der Waals surface area contributed by atoms with Crippen LogP contribution in [0.1, 0.15) is 27.8 Å². The lowest BCUT2D eigenvalue weighted by molar-refractivity contribution is -0.136. The van der Waals surface area contributed by atoms with Crippen molar-refractivity contribution in [2.75, 3.05) is 13.1 Å². The Morgan fingerprint density at radius 3 is 2.56 bits per heavy atom. The fourth-order valence-electron chi connectivity index (χ4n) is 4.36. The molecule has 3 aromatic carbocycles. The summed E-state index contributed by atoms with van der Waals surface area (Å²) in [5.41, 5.74) is 5.40. The minimum Gasteiger partial charge on any atom is -0.489 e. The molecule has 0 saturated carbocycles. The number of hydrogen-bond acceptors (Lipinski definition) is 5. The Morgan fingerprint density at radius 2 is 1.78 bits per heavy atom. The number of amides is 3. The molecule has 3 aromatic rings. The van der Waals surface area contributed by atoms with Crippen LogP contribution in [0.25, 0.3) is 6.08 Å². The van der Waals surface area contributed by atoms with E-state index in [1.165, 1.54) is 11.1 Å². The molecular formula is C29H26N2O4S. The maximum absolute atomic E-state index is 12.9. The standard InChI is InChI=1S/C29H26N2O4S/c1-20-5-4-6-22(15-20)19-35-25-11-9-21(10-12-25)16-26-28(33)31(29(34)36-26)18-27(32)30-14-13-23-7-2-3-8-24(23)17-30/h2-12,15-16H,13-14,17-19H2,1H3/b26-16+. The highest BCUT2D eigenvalue weighted by molar-refractivity contribution is 8.18. The van der Waals surface area contributed by atoms with Gasteiger partial charge in [0.1, 0.15) is 18.9 Å². The molecule has 0 N–H and O–H groups in total. The van der Waals surface area contributed by atoms with E-state index in [9.17, 15) is 14.4 Å². The summed E-state index contributed by atoms with van der Waals surface area (Å²) >= 11 is 0.863. The maximum Gasteiger partial charge on any atom is 0.294 e. The van der Waals surface area contributed by atoms with Crippen LogP contribution in [0.3, 0.4) is 0 Å². The third-order valence-electron chi connectivity index (χ3n) is 6.32. The van der Waals surface area contributed by atoms with Crippen molar-refractivity contribution in [2.24, 2.45) is 0 Å². The number of ether oxygens (including phenoxy) is 1. The minimum atomic E-state index is -0.435. The van der Waals surface area contributed by atoms with Crippen LogP contribution in [0.4, 0.5) is 4.79 Å². The van der Waals surface area contributed by atoms with Crippen LogP contribution >= 0.6 is 11.8 Å². The molecule has 0 atom stereocenters. The van der Waals surface area contributed by atoms with E-state index in [2.05, 4.69) is 12.1 Å². The molecule has 0 aliphatic carbocycles. The predicted molar refractivity (Wildman–Crippen MR) is 140 cm³/mol. The molecule has 5 rings (SSSR count). The first kappa shape index (κ1) is 23.9. The monoisotopic (exact) mass is 498 g/mol. The van der Waals surface area contributed by atoms with E-state index in [1.54, 1.807) is 11.0 Å². The van der Waals surface area contributed by atoms with Gasteiger partial charge in [0.25, 0.3) is 11.1 Å². The quantitative estimate of drug-likeness (QED) is 0.438. The van der Waals surface area contributed by atoms with Gasteiger partial charge in [-0.1, -0.05) is 66.2 Å². The molecule has 7 heteroatoms. The molecule has 2 aliphatic rings. The number of imide groups is 1. The highest BCUT2D eigenvalue weighted by atomic mass is 32.2. The van der Waals surface area contributed by atoms with E-state index in [1.807, 2.05) is 67.6 Å². The molecule has 3 amide bonds. The lowest BCUT2D eigenvalue weighted by Crippen LogP contribution is -2.44. The topological polar surface area (TPSA) is 66.9 Å². The Balaban J connectivity index is 1.19. The summed E-state index contributed by atoms with van der Waals surface area (Å²) in [6.07, 6.45) is 2.45. The summed E-state index contributed by atoms with van der Waals surface area (Å²) in [4.78, 5) is 41.4. The molecule has 0 bridgehead atoms. The summed E-state index contributed by atoms with van der Waals surface area (Å²) in [6.45, 7) is 3.36. The van der Waals surface area contributed by atoms with Crippen LogP contribution in [-0.4, -0.2) is 39.9 Å². The van der Waals surface area contributed by atoms with Gasteiger partial charge in [-0.2, -0.15) is 0 Å². The average molecular weight is 499 g/mol. The van der Waals surface area contributed by atoms with E-state index in [0.717, 1.165) is 45.5 Å². The third kappa shape index (κ3) is 5.36. The van der Waals surface area contributed by atoms with E-state index in [-0.39, 0.29) is 12.5 Å². The Kier molecular flexibility index (Phi) is 6.91. The van der Waals surface area contributed by atoms with Crippen LogP contribution in [0.5, 0.6) is 5.75 Å². The smallest absolute Gasteiger partial charge is 0.294 e. The SMILES string of the molecule is Cc1cccc(COc2ccc(/C=C3/SC(=O)N(CC(=O)N4CCc5ccccc5C4)C3=O)cc2)c1. The normalized spacial score (nSPS) is 16.4. The molecule has 1 fully saturated rings. The highest BCUT2D eigenvalue weighted by Crippen LogP contribution is 2.32. The second-order valence-corrected chi connectivity index (χ2v) is 9.94. The number of fused-ring (bicyclic) bond motifs is 1. The van der Waals surface area contributed by atoms with E-state index in [0.29, 0.717) is 24.6 Å². The number of aryl methyl sites for hydroxylation is 1. The van der Waals surface area contributed by atoms with Crippen molar-refractivity contribution in [2.45, 2.75) is 26.5 Å². The fourth-order valence-corrected chi connectivity index (χ4v) is 5.20. The number of benzene rings is 3. The number of rotatable bonds is 6. The van der Waals surface area contributed by atoms with Gasteiger partial charge in [0.05, 0.1) is 4.91 Å². The van der Waals surface area contributed by atoms with Gasteiger partial charge in [0.2, 0.25) is 5.91 Å². The molecular weight excluding hydrogens is 472 g/mol. The zero-order valence-electron chi connectivity index (χ0n) is 20.0. The van der Waals surface area contributed by atoms with Crippen LogP contribution in [-0.2, 0) is 29.2 Å². The number of hydrogen-bond donors (Lipinski definition) is 0. The summed E-state index contributed by atoms with van der Waals surface area (Å²) in [6, 6.07) is 23.5. The fraction of sp³-hybridized carbons (Fsp3) is 0.207. The lowest BCUT2D eigenvalue weighted by atomic mass is 10.00. The molecule has 0 unspecified atom stereocenters. The number of thioether (sulfide) groups is 1. The van der Waals surface area contributed by atoms with Crippen molar-refractivity contribution in [3.63, 3.8) is 0 Å². The van der Waals surface area contributed by atoms with Crippen LogP contribution in [0.2, 0.25) is 0 Å². The first-order valence-electron chi connectivity index (χ1n) is 11.8. The molecule has 36 heavy (non-hydrogen) atoms. The second kappa shape index (κ2) is 10.4. The van der Waals surface area contributed by atoms with Gasteiger partial charge in [-0.3, -0.25) is 19.3 Å². The molecule has 182 valence electrons. The molecule has 6 nitrogen and oxygen atoms in total. The van der Waals surface area contributed by atoms with Gasteiger partial charge in [-0.15, -0.1) is 0 Å². The summed E-state index contributed by atoms with van der Waals surface area (Å²) in [7, 11) is 0. The number of nitrogens with zero attached hydrogens (tertiary/aromatic N) is 2. The third-order valence-corrected chi connectivity index (χ3v) is 7.22. The average Bonchev–Trinajstić information content (AvgIpc) is 3.15. The van der Waals surface area contributed by atoms with Gasteiger partial charge < -0.3 is 9.64 Å². The van der Waals surface area contributed by atoms with Gasteiger partial charge in [0, 0.05) is 13.1 Å². The number of carbonyl (C=O) groups excluding carboxylic acids is 3. The van der Waals surface area contributed by atoms with Crippen molar-refractivity contribution >= 4 is 34.9 Å². The number of carbonyl (C=O) groups is 3. The Labute approximate surface area is 214 Å². The zero-order valence-corrected chi connectivity index (χ0v) is 20.8. The lowest BCUT2D eigenvalue weighted by Gasteiger charge is -2.29. The molecule has 0 aromatic heterocycles. The molecule has 2 heterocycles. The molecule has 1 saturated heterocycles. The van der Waals surface area contributed by atoms with Gasteiger partial charge >= 0.3 is 0 Å². The summed E-state index contributed by atoms with van der Waals surface area (Å²) in [5, 5.41) is -0.421. The van der Waals surface area contributed by atoms with Crippen molar-refractivity contribution in [3.05, 3.63) is 106 Å². The first-order valence-corrected chi connectivity index (χ1v) is 12.7. The largest absolute Gasteiger partial charge is 0.489 e. The van der Waals surface area contributed by atoms with Crippen molar-refractivity contribution in [1.82, 2.24) is 9.80 Å². The van der Waals surface area contributed by atoms with E-state index >= 15 is 0 Å². The molecule has 0 radical (unpaired) electrons. The van der Waals surface area contributed by atoms with Crippen molar-refractivity contribution in [1.29, 1.82) is 0 Å². The van der Waals surface area contributed by atoms with Crippen molar-refractivity contribution in [3.8, 4) is 5.75 Å². The van der Waals surface area contributed by atoms with E-state index in [4.69, 9.17) is 4.74 Å². The first-order chi connectivity index (χ1) is 17.5. The summed E-state index contributed by atoms with van der Waals surface area (Å²) < 4.78 is 5.85. The molecule has 0 spiro atoms. The Bertz CT molecular complexity index is 1350. The minimum absolute atomic E-state index is 0.219. The molecule has 2 aliphatic heterocycles. The highest BCUT2D eigenvalue weighted by Gasteiger charge is 2.37. The summed E-state index contributed by atoms with van der Waals surface area (Å²) in [5.74, 6) is 0.0640. The second-order valence-electron chi connectivity index (χ2n) is 8.95. The van der Waals surface area contributed by atoms with Gasteiger partial charge in [-0.25, -0.2) is 0 Å². The predicted octanol–water partition coefficient (Wildman–Crippen LogP) is 5.20. The Morgan fingerprint density at radius 1 is 1.00 bits per heavy atom. The van der Waals surface area contributed by atoms with Gasteiger partial charge in [0.15, 0.2) is 0 Å². The zero-order chi connectivity index (χ0) is 25.1. The van der Waals surface area contributed by atoms with Crippen LogP contribution in [0.15, 0.2) is 77.7 Å². The van der Waals surface area contributed by atoms with Crippen LogP contribution in [0, 0.1) is 6.92 Å². The van der Waals surface area contributed by atoms with E-state index < -0.39 is 11.1 Å². The Hall–Kier alpha value is -3.84. The van der Waals surface area contributed by atoms with Crippen molar-refractivity contribution < 1.29 is 19.1 Å².